The van der Waals surface area contributed by atoms with E-state index in [0.717, 1.165) is 46.6 Å². The number of carboxylic acids is 2. The number of unbranched alkanes of at least 4 members (excludes halogenated alkanes) is 1. The molecule has 6 heteroatoms. The first-order chi connectivity index (χ1) is 11.4. The number of thiophene rings is 2. The molecule has 130 valence electrons. The maximum Gasteiger partial charge on any atom is 0.310 e. The van der Waals surface area contributed by atoms with Gasteiger partial charge in [-0.25, -0.2) is 0 Å². The van der Waals surface area contributed by atoms with Crippen molar-refractivity contribution in [2.24, 2.45) is 0 Å². The Morgan fingerprint density at radius 3 is 1.58 bits per heavy atom. The molecule has 2 aromatic rings. The van der Waals surface area contributed by atoms with Crippen LogP contribution in [0.1, 0.15) is 59.4 Å². The molecule has 2 aromatic heterocycles. The first-order valence-corrected chi connectivity index (χ1v) is 9.75. The lowest BCUT2D eigenvalue weighted by molar-refractivity contribution is -0.139. The molecule has 0 spiro atoms. The molecule has 2 unspecified atom stereocenters. The molecular weight excluding hydrogens is 344 g/mol. The minimum atomic E-state index is -0.791. The maximum absolute atomic E-state index is 11.1. The lowest BCUT2D eigenvalue weighted by Gasteiger charge is -2.09. The molecule has 4 nitrogen and oxygen atoms in total. The fraction of sp³-hybridized carbons (Fsp3) is 0.444. The smallest absolute Gasteiger partial charge is 0.310 e. The van der Waals surface area contributed by atoms with Gasteiger partial charge >= 0.3 is 11.9 Å². The number of carbonyl (C=O) groups is 2. The van der Waals surface area contributed by atoms with E-state index < -0.39 is 23.8 Å². The molecule has 0 aliphatic heterocycles. The highest BCUT2D eigenvalue weighted by atomic mass is 32.1. The number of rotatable bonds is 9. The molecule has 0 aromatic carbocycles. The molecule has 0 aliphatic carbocycles. The standard InChI is InChI=1S/C18H22O4S2/c1-11(17(19)20)13-7-9-23-15(13)5-3-4-6-16-14(8-10-24-16)12(2)18(21)22/h7-12H,3-6H2,1-2H3,(H,19,20)(H,21,22). The summed E-state index contributed by atoms with van der Waals surface area (Å²) >= 11 is 3.23. The van der Waals surface area contributed by atoms with Crippen LogP contribution in [-0.2, 0) is 22.4 Å². The monoisotopic (exact) mass is 366 g/mol. The summed E-state index contributed by atoms with van der Waals surface area (Å²) in [6, 6.07) is 3.81. The van der Waals surface area contributed by atoms with Gasteiger partial charge in [-0.2, -0.15) is 0 Å². The number of hydrogen-bond acceptors (Lipinski definition) is 4. The summed E-state index contributed by atoms with van der Waals surface area (Å²) in [5.41, 5.74) is 1.84. The van der Waals surface area contributed by atoms with Gasteiger partial charge in [0.05, 0.1) is 11.8 Å². The van der Waals surface area contributed by atoms with Gasteiger partial charge in [-0.05, 0) is 73.6 Å². The Morgan fingerprint density at radius 1 is 0.875 bits per heavy atom. The fourth-order valence-corrected chi connectivity index (χ4v) is 4.76. The van der Waals surface area contributed by atoms with Gasteiger partial charge < -0.3 is 10.2 Å². The summed E-state index contributed by atoms with van der Waals surface area (Å²) < 4.78 is 0. The van der Waals surface area contributed by atoms with Crippen LogP contribution in [0.3, 0.4) is 0 Å². The predicted molar refractivity (Wildman–Crippen MR) is 97.4 cm³/mol. The number of aryl methyl sites for hydroxylation is 2. The van der Waals surface area contributed by atoms with Crippen molar-refractivity contribution in [1.82, 2.24) is 0 Å². The zero-order valence-electron chi connectivity index (χ0n) is 13.8. The summed E-state index contributed by atoms with van der Waals surface area (Å²) in [5, 5.41) is 22.2. The van der Waals surface area contributed by atoms with Gasteiger partial charge in [0.1, 0.15) is 0 Å². The summed E-state index contributed by atoms with van der Waals surface area (Å²) in [6.07, 6.45) is 3.69. The Balaban J connectivity index is 1.89. The lowest BCUT2D eigenvalue weighted by atomic mass is 9.98. The Bertz CT molecular complexity index is 641. The molecule has 0 radical (unpaired) electrons. The van der Waals surface area contributed by atoms with Gasteiger partial charge in [-0.3, -0.25) is 9.59 Å². The molecule has 0 saturated heterocycles. The molecule has 0 bridgehead atoms. The van der Waals surface area contributed by atoms with Crippen LogP contribution < -0.4 is 0 Å². The van der Waals surface area contributed by atoms with Gasteiger partial charge in [0, 0.05) is 9.75 Å². The van der Waals surface area contributed by atoms with Gasteiger partial charge in [-0.15, -0.1) is 22.7 Å². The zero-order chi connectivity index (χ0) is 17.7. The first-order valence-electron chi connectivity index (χ1n) is 8.00. The van der Waals surface area contributed by atoms with Crippen LogP contribution in [0.4, 0.5) is 0 Å². The lowest BCUT2D eigenvalue weighted by Crippen LogP contribution is -2.08. The van der Waals surface area contributed by atoms with Crippen molar-refractivity contribution in [1.29, 1.82) is 0 Å². The van der Waals surface area contributed by atoms with Crippen molar-refractivity contribution in [3.8, 4) is 0 Å². The summed E-state index contributed by atoms with van der Waals surface area (Å²) in [4.78, 5) is 24.6. The van der Waals surface area contributed by atoms with Crippen LogP contribution in [-0.4, -0.2) is 22.2 Å². The molecule has 2 N–H and O–H groups in total. The Morgan fingerprint density at radius 2 is 1.25 bits per heavy atom. The van der Waals surface area contributed by atoms with E-state index >= 15 is 0 Å². The normalized spacial score (nSPS) is 13.6. The average molecular weight is 367 g/mol. The molecule has 2 heterocycles. The van der Waals surface area contributed by atoms with Crippen LogP contribution in [0.25, 0.3) is 0 Å². The van der Waals surface area contributed by atoms with Crippen molar-refractivity contribution in [3.63, 3.8) is 0 Å². The first kappa shape index (κ1) is 18.7. The van der Waals surface area contributed by atoms with E-state index in [1.54, 1.807) is 36.5 Å². The highest BCUT2D eigenvalue weighted by Gasteiger charge is 2.19. The van der Waals surface area contributed by atoms with Crippen molar-refractivity contribution in [3.05, 3.63) is 43.8 Å². The van der Waals surface area contributed by atoms with Crippen molar-refractivity contribution in [2.45, 2.75) is 51.4 Å². The topological polar surface area (TPSA) is 74.6 Å². The molecule has 0 aliphatic rings. The number of carboxylic acid groups (broad SMARTS) is 2. The van der Waals surface area contributed by atoms with Gasteiger partial charge in [0.15, 0.2) is 0 Å². The molecule has 2 atom stereocenters. The Hall–Kier alpha value is -1.66. The Labute approximate surface area is 149 Å². The molecule has 0 fully saturated rings. The average Bonchev–Trinajstić information content (AvgIpc) is 3.18. The second-order valence-electron chi connectivity index (χ2n) is 5.93. The van der Waals surface area contributed by atoms with E-state index in [1.807, 2.05) is 22.9 Å². The van der Waals surface area contributed by atoms with E-state index in [1.165, 1.54) is 0 Å². The molecule has 24 heavy (non-hydrogen) atoms. The quantitative estimate of drug-likeness (QED) is 0.628. The third kappa shape index (κ3) is 4.45. The SMILES string of the molecule is CC(C(=O)O)c1ccsc1CCCCc1sccc1C(C)C(=O)O. The third-order valence-electron chi connectivity index (χ3n) is 4.29. The summed E-state index contributed by atoms with van der Waals surface area (Å²) in [7, 11) is 0. The molecule has 0 saturated carbocycles. The van der Waals surface area contributed by atoms with E-state index in [-0.39, 0.29) is 0 Å². The summed E-state index contributed by atoms with van der Waals surface area (Å²) in [5.74, 6) is -2.51. The third-order valence-corrected chi connectivity index (χ3v) is 6.28. The van der Waals surface area contributed by atoms with Crippen LogP contribution >= 0.6 is 22.7 Å². The van der Waals surface area contributed by atoms with Crippen molar-refractivity contribution >= 4 is 34.6 Å². The minimum Gasteiger partial charge on any atom is -0.481 e. The van der Waals surface area contributed by atoms with E-state index in [2.05, 4.69) is 0 Å². The second kappa shape index (κ2) is 8.44. The van der Waals surface area contributed by atoms with E-state index in [4.69, 9.17) is 10.2 Å². The predicted octanol–water partition coefficient (Wildman–Crippen LogP) is 4.75. The molecule has 0 amide bonds. The zero-order valence-corrected chi connectivity index (χ0v) is 15.5. The van der Waals surface area contributed by atoms with Crippen molar-refractivity contribution in [2.75, 3.05) is 0 Å². The van der Waals surface area contributed by atoms with E-state index in [0.29, 0.717) is 0 Å². The number of hydrogen-bond donors (Lipinski definition) is 2. The van der Waals surface area contributed by atoms with Gasteiger partial charge in [0.2, 0.25) is 0 Å². The van der Waals surface area contributed by atoms with Gasteiger partial charge in [0.25, 0.3) is 0 Å². The van der Waals surface area contributed by atoms with Crippen LogP contribution in [0, 0.1) is 0 Å². The van der Waals surface area contributed by atoms with Crippen LogP contribution in [0.5, 0.6) is 0 Å². The Kier molecular flexibility index (Phi) is 6.57. The second-order valence-corrected chi connectivity index (χ2v) is 7.93. The summed E-state index contributed by atoms with van der Waals surface area (Å²) in [6.45, 7) is 3.44. The van der Waals surface area contributed by atoms with Gasteiger partial charge in [-0.1, -0.05) is 0 Å². The van der Waals surface area contributed by atoms with E-state index in [9.17, 15) is 9.59 Å². The molecular formula is C18H22O4S2. The largest absolute Gasteiger partial charge is 0.481 e. The maximum atomic E-state index is 11.1. The fourth-order valence-electron chi connectivity index (χ4n) is 2.72. The minimum absolute atomic E-state index is 0.466. The van der Waals surface area contributed by atoms with Crippen LogP contribution in [0.15, 0.2) is 22.9 Å². The van der Waals surface area contributed by atoms with Crippen LogP contribution in [0.2, 0.25) is 0 Å². The highest BCUT2D eigenvalue weighted by Crippen LogP contribution is 2.29. The molecule has 2 rings (SSSR count). The highest BCUT2D eigenvalue weighted by molar-refractivity contribution is 7.10. The number of aliphatic carboxylic acids is 2. The van der Waals surface area contributed by atoms with Crippen molar-refractivity contribution < 1.29 is 19.8 Å².